The summed E-state index contributed by atoms with van der Waals surface area (Å²) in [7, 11) is 0. The zero-order valence-corrected chi connectivity index (χ0v) is 11.4. The minimum Gasteiger partial charge on any atom is -0.372 e. The van der Waals surface area contributed by atoms with E-state index in [-0.39, 0.29) is 6.04 Å². The van der Waals surface area contributed by atoms with Gasteiger partial charge in [0.2, 0.25) is 0 Å². The monoisotopic (exact) mass is 234 g/mol. The molecule has 1 aromatic carbocycles. The van der Waals surface area contributed by atoms with Gasteiger partial charge in [0.25, 0.3) is 0 Å². The predicted molar refractivity (Wildman–Crippen MR) is 76.6 cm³/mol. The lowest BCUT2D eigenvalue weighted by molar-refractivity contribution is 0.710. The number of nitrogens with zero attached hydrogens (tertiary/aromatic N) is 1. The van der Waals surface area contributed by atoms with Crippen LogP contribution in [0.5, 0.6) is 0 Å². The number of benzene rings is 1. The maximum Gasteiger partial charge on any atom is 0.0399 e. The fourth-order valence-corrected chi connectivity index (χ4v) is 2.14. The van der Waals surface area contributed by atoms with Crippen LogP contribution in [0.1, 0.15) is 39.2 Å². The Morgan fingerprint density at radius 1 is 1.24 bits per heavy atom. The smallest absolute Gasteiger partial charge is 0.0399 e. The highest BCUT2D eigenvalue weighted by atomic mass is 15.1. The van der Waals surface area contributed by atoms with Gasteiger partial charge in [-0.1, -0.05) is 31.5 Å². The Morgan fingerprint density at radius 2 is 1.94 bits per heavy atom. The quantitative estimate of drug-likeness (QED) is 0.785. The van der Waals surface area contributed by atoms with Crippen molar-refractivity contribution < 1.29 is 0 Å². The van der Waals surface area contributed by atoms with Crippen LogP contribution in [0.25, 0.3) is 0 Å². The molecule has 0 saturated carbocycles. The Bertz CT molecular complexity index is 320. The van der Waals surface area contributed by atoms with Gasteiger partial charge in [-0.25, -0.2) is 0 Å². The molecular weight excluding hydrogens is 208 g/mol. The first-order chi connectivity index (χ1) is 8.19. The lowest BCUT2D eigenvalue weighted by atomic mass is 10.0. The van der Waals surface area contributed by atoms with Crippen molar-refractivity contribution in [3.63, 3.8) is 0 Å². The van der Waals surface area contributed by atoms with Crippen LogP contribution in [0.3, 0.4) is 0 Å². The van der Waals surface area contributed by atoms with Crippen molar-refractivity contribution in [3.05, 3.63) is 29.8 Å². The molecule has 0 fully saturated rings. The highest BCUT2D eigenvalue weighted by Gasteiger charge is 2.09. The Morgan fingerprint density at radius 3 is 2.53 bits per heavy atom. The number of unbranched alkanes of at least 4 members (excludes halogenated alkanes) is 1. The average molecular weight is 234 g/mol. The van der Waals surface area contributed by atoms with Crippen molar-refractivity contribution >= 4 is 5.69 Å². The predicted octanol–water partition coefficient (Wildman–Crippen LogP) is 3.20. The van der Waals surface area contributed by atoms with Crippen LogP contribution in [0, 0.1) is 0 Å². The van der Waals surface area contributed by atoms with Gasteiger partial charge in [0.05, 0.1) is 0 Å². The number of anilines is 1. The summed E-state index contributed by atoms with van der Waals surface area (Å²) in [5, 5.41) is 0. The molecule has 2 nitrogen and oxygen atoms in total. The van der Waals surface area contributed by atoms with E-state index in [9.17, 15) is 0 Å². The fourth-order valence-electron chi connectivity index (χ4n) is 2.14. The second-order valence-electron chi connectivity index (χ2n) is 4.74. The maximum absolute atomic E-state index is 5.92. The van der Waals surface area contributed by atoms with Crippen molar-refractivity contribution in [2.24, 2.45) is 5.73 Å². The van der Waals surface area contributed by atoms with Crippen molar-refractivity contribution in [1.82, 2.24) is 0 Å². The molecule has 1 aromatic rings. The molecule has 0 aliphatic carbocycles. The first-order valence-electron chi connectivity index (χ1n) is 6.77. The molecular formula is C15H26N2. The van der Waals surface area contributed by atoms with E-state index < -0.39 is 0 Å². The topological polar surface area (TPSA) is 29.3 Å². The van der Waals surface area contributed by atoms with Crippen LogP contribution < -0.4 is 10.6 Å². The molecule has 0 aromatic heterocycles. The molecule has 0 heterocycles. The minimum absolute atomic E-state index is 0.223. The van der Waals surface area contributed by atoms with Gasteiger partial charge in [-0.05, 0) is 38.3 Å². The summed E-state index contributed by atoms with van der Waals surface area (Å²) in [6.45, 7) is 8.73. The zero-order chi connectivity index (χ0) is 12.7. The van der Waals surface area contributed by atoms with E-state index in [0.29, 0.717) is 0 Å². The van der Waals surface area contributed by atoms with E-state index in [1.54, 1.807) is 0 Å². The van der Waals surface area contributed by atoms with Gasteiger partial charge in [0, 0.05) is 24.8 Å². The third-order valence-corrected chi connectivity index (χ3v) is 3.04. The standard InChI is InChI=1S/C15H26N2/c1-4-6-11-17(5-2)15-10-8-7-9-14(15)12-13(3)16/h7-10,13H,4-6,11-12,16H2,1-3H3. The normalized spacial score (nSPS) is 12.5. The number of para-hydroxylation sites is 1. The van der Waals surface area contributed by atoms with Crippen molar-refractivity contribution in [1.29, 1.82) is 0 Å². The molecule has 0 spiro atoms. The highest BCUT2D eigenvalue weighted by Crippen LogP contribution is 2.21. The maximum atomic E-state index is 5.92. The molecule has 1 unspecified atom stereocenters. The minimum atomic E-state index is 0.223. The first-order valence-corrected chi connectivity index (χ1v) is 6.77. The van der Waals surface area contributed by atoms with E-state index in [4.69, 9.17) is 5.73 Å². The fraction of sp³-hybridized carbons (Fsp3) is 0.600. The summed E-state index contributed by atoms with van der Waals surface area (Å²) in [5.41, 5.74) is 8.65. The SMILES string of the molecule is CCCCN(CC)c1ccccc1CC(C)N. The largest absolute Gasteiger partial charge is 0.372 e. The molecule has 0 amide bonds. The Hall–Kier alpha value is -1.02. The van der Waals surface area contributed by atoms with E-state index in [1.165, 1.54) is 24.1 Å². The summed E-state index contributed by atoms with van der Waals surface area (Å²) >= 11 is 0. The second-order valence-corrected chi connectivity index (χ2v) is 4.74. The van der Waals surface area contributed by atoms with Gasteiger partial charge < -0.3 is 10.6 Å². The van der Waals surface area contributed by atoms with Crippen LogP contribution in [0.15, 0.2) is 24.3 Å². The summed E-state index contributed by atoms with van der Waals surface area (Å²) in [5.74, 6) is 0. The van der Waals surface area contributed by atoms with Crippen molar-refractivity contribution in [2.75, 3.05) is 18.0 Å². The third-order valence-electron chi connectivity index (χ3n) is 3.04. The number of hydrogen-bond acceptors (Lipinski definition) is 2. The van der Waals surface area contributed by atoms with Crippen LogP contribution >= 0.6 is 0 Å². The number of nitrogens with two attached hydrogens (primary N) is 1. The van der Waals surface area contributed by atoms with E-state index in [2.05, 4.69) is 49.9 Å². The van der Waals surface area contributed by atoms with E-state index in [1.807, 2.05) is 0 Å². The third kappa shape index (κ3) is 4.39. The molecule has 0 bridgehead atoms. The molecule has 2 heteroatoms. The van der Waals surface area contributed by atoms with Crippen molar-refractivity contribution in [2.45, 2.75) is 46.1 Å². The molecule has 1 rings (SSSR count). The van der Waals surface area contributed by atoms with E-state index >= 15 is 0 Å². The molecule has 0 radical (unpaired) electrons. The Labute approximate surface area is 106 Å². The van der Waals surface area contributed by atoms with Crippen LogP contribution in [0.2, 0.25) is 0 Å². The summed E-state index contributed by atoms with van der Waals surface area (Å²) < 4.78 is 0. The summed E-state index contributed by atoms with van der Waals surface area (Å²) in [6, 6.07) is 8.87. The van der Waals surface area contributed by atoms with Gasteiger partial charge in [-0.2, -0.15) is 0 Å². The molecule has 96 valence electrons. The molecule has 2 N–H and O–H groups in total. The summed E-state index contributed by atoms with van der Waals surface area (Å²) in [6.07, 6.45) is 3.45. The average Bonchev–Trinajstić information content (AvgIpc) is 2.31. The first kappa shape index (κ1) is 14.0. The number of hydrogen-bond donors (Lipinski definition) is 1. The zero-order valence-electron chi connectivity index (χ0n) is 11.4. The van der Waals surface area contributed by atoms with Gasteiger partial charge in [0.15, 0.2) is 0 Å². The van der Waals surface area contributed by atoms with Crippen LogP contribution in [-0.2, 0) is 6.42 Å². The molecule has 0 aliphatic heterocycles. The van der Waals surface area contributed by atoms with Gasteiger partial charge in [-0.15, -0.1) is 0 Å². The molecule has 17 heavy (non-hydrogen) atoms. The number of rotatable bonds is 7. The Kier molecular flexibility index (Phi) is 6.06. The molecule has 0 saturated heterocycles. The van der Waals surface area contributed by atoms with Gasteiger partial charge in [-0.3, -0.25) is 0 Å². The van der Waals surface area contributed by atoms with E-state index in [0.717, 1.165) is 19.5 Å². The lowest BCUT2D eigenvalue weighted by Gasteiger charge is -2.26. The Balaban J connectivity index is 2.85. The van der Waals surface area contributed by atoms with Gasteiger partial charge >= 0.3 is 0 Å². The lowest BCUT2D eigenvalue weighted by Crippen LogP contribution is -2.26. The highest BCUT2D eigenvalue weighted by molar-refractivity contribution is 5.53. The van der Waals surface area contributed by atoms with Crippen LogP contribution in [-0.4, -0.2) is 19.1 Å². The second kappa shape index (κ2) is 7.33. The van der Waals surface area contributed by atoms with Gasteiger partial charge in [0.1, 0.15) is 0 Å². The van der Waals surface area contributed by atoms with Crippen LogP contribution in [0.4, 0.5) is 5.69 Å². The summed E-state index contributed by atoms with van der Waals surface area (Å²) in [4.78, 5) is 2.46. The van der Waals surface area contributed by atoms with Crippen molar-refractivity contribution in [3.8, 4) is 0 Å². The molecule has 1 atom stereocenters. The molecule has 0 aliphatic rings.